The summed E-state index contributed by atoms with van der Waals surface area (Å²) in [7, 11) is 0. The van der Waals surface area contributed by atoms with Gasteiger partial charge in [0.1, 0.15) is 0 Å². The molecule has 2 aliphatic rings. The molecule has 0 heterocycles. The van der Waals surface area contributed by atoms with Gasteiger partial charge >= 0.3 is 0 Å². The molecule has 1 nitrogen and oxygen atoms in total. The van der Waals surface area contributed by atoms with Crippen LogP contribution in [-0.4, -0.2) is 5.78 Å². The Morgan fingerprint density at radius 3 is 2.75 bits per heavy atom. The summed E-state index contributed by atoms with van der Waals surface area (Å²) in [6.45, 7) is 1.61. The first-order chi connectivity index (χ1) is 5.75. The fraction of sp³-hybridized carbons (Fsp3) is 0.545. The number of hydrogen-bond donors (Lipinski definition) is 0. The van der Waals surface area contributed by atoms with Crippen molar-refractivity contribution in [3.05, 3.63) is 24.3 Å². The molecule has 64 valence electrons. The highest BCUT2D eigenvalue weighted by Crippen LogP contribution is 2.43. The van der Waals surface area contributed by atoms with Gasteiger partial charge in [-0.25, -0.2) is 0 Å². The summed E-state index contributed by atoms with van der Waals surface area (Å²) in [6, 6.07) is 0. The Hall–Kier alpha value is -0.850. The molecule has 2 rings (SSSR count). The first-order valence-electron chi connectivity index (χ1n) is 4.63. The number of hydrogen-bond acceptors (Lipinski definition) is 1. The highest BCUT2D eigenvalue weighted by molar-refractivity contribution is 5.87. The Kier molecular flexibility index (Phi) is 1.87. The lowest BCUT2D eigenvalue weighted by molar-refractivity contribution is -0.112. The van der Waals surface area contributed by atoms with E-state index in [-0.39, 0.29) is 5.78 Å². The van der Waals surface area contributed by atoms with E-state index in [0.717, 1.165) is 11.8 Å². The van der Waals surface area contributed by atoms with Crippen LogP contribution in [-0.2, 0) is 4.79 Å². The van der Waals surface area contributed by atoms with E-state index < -0.39 is 0 Å². The quantitative estimate of drug-likeness (QED) is 0.450. The van der Waals surface area contributed by atoms with Crippen LogP contribution in [0, 0.1) is 17.8 Å². The van der Waals surface area contributed by atoms with Gasteiger partial charge in [0.2, 0.25) is 0 Å². The van der Waals surface area contributed by atoms with Crippen molar-refractivity contribution < 1.29 is 4.79 Å². The average molecular weight is 162 g/mol. The van der Waals surface area contributed by atoms with Crippen molar-refractivity contribution in [3.8, 4) is 0 Å². The van der Waals surface area contributed by atoms with Crippen molar-refractivity contribution in [1.29, 1.82) is 0 Å². The SMILES string of the molecule is CC(=O)C=C[C@@H]1C[C@H]2C=C[C@@H]1C2. The van der Waals surface area contributed by atoms with Crippen molar-refractivity contribution in [2.45, 2.75) is 19.8 Å². The lowest BCUT2D eigenvalue weighted by atomic mass is 9.93. The first-order valence-corrected chi connectivity index (χ1v) is 4.63. The minimum atomic E-state index is 0.168. The molecule has 0 aromatic carbocycles. The fourth-order valence-electron chi connectivity index (χ4n) is 2.30. The van der Waals surface area contributed by atoms with Crippen LogP contribution in [0.15, 0.2) is 24.3 Å². The number of ketones is 1. The lowest BCUT2D eigenvalue weighted by Crippen LogP contribution is -2.03. The zero-order valence-electron chi connectivity index (χ0n) is 7.36. The van der Waals surface area contributed by atoms with Gasteiger partial charge in [-0.2, -0.15) is 0 Å². The Balaban J connectivity index is 1.99. The summed E-state index contributed by atoms with van der Waals surface area (Å²) >= 11 is 0. The predicted octanol–water partition coefficient (Wildman–Crippen LogP) is 2.34. The molecule has 0 aliphatic heterocycles. The van der Waals surface area contributed by atoms with E-state index in [4.69, 9.17) is 0 Å². The van der Waals surface area contributed by atoms with Crippen LogP contribution in [0.1, 0.15) is 19.8 Å². The van der Waals surface area contributed by atoms with Gasteiger partial charge in [0, 0.05) is 0 Å². The summed E-state index contributed by atoms with van der Waals surface area (Å²) in [6.07, 6.45) is 11.0. The summed E-state index contributed by atoms with van der Waals surface area (Å²) in [4.78, 5) is 10.7. The monoisotopic (exact) mass is 162 g/mol. The zero-order valence-corrected chi connectivity index (χ0v) is 7.36. The number of carbonyl (C=O) groups excluding carboxylic acids is 1. The molecule has 0 spiro atoms. The maximum atomic E-state index is 10.7. The van der Waals surface area contributed by atoms with Crippen molar-refractivity contribution in [2.24, 2.45) is 17.8 Å². The third-order valence-electron chi connectivity index (χ3n) is 2.91. The third kappa shape index (κ3) is 1.36. The summed E-state index contributed by atoms with van der Waals surface area (Å²) in [5, 5.41) is 0. The molecule has 2 aliphatic carbocycles. The topological polar surface area (TPSA) is 17.1 Å². The van der Waals surface area contributed by atoms with Crippen LogP contribution >= 0.6 is 0 Å². The molecule has 1 fully saturated rings. The number of allylic oxidation sites excluding steroid dienone is 4. The van der Waals surface area contributed by atoms with Gasteiger partial charge in [-0.05, 0) is 43.6 Å². The maximum Gasteiger partial charge on any atom is 0.152 e. The van der Waals surface area contributed by atoms with Crippen LogP contribution in [0.3, 0.4) is 0 Å². The Morgan fingerprint density at radius 2 is 2.25 bits per heavy atom. The number of rotatable bonds is 2. The van der Waals surface area contributed by atoms with Crippen molar-refractivity contribution >= 4 is 5.78 Å². The molecule has 0 aromatic heterocycles. The molecular formula is C11H14O. The van der Waals surface area contributed by atoms with E-state index in [9.17, 15) is 4.79 Å². The Bertz CT molecular complexity index is 250. The molecule has 0 unspecified atom stereocenters. The van der Waals surface area contributed by atoms with E-state index in [0.29, 0.717) is 5.92 Å². The van der Waals surface area contributed by atoms with Gasteiger partial charge < -0.3 is 0 Å². The molecule has 12 heavy (non-hydrogen) atoms. The van der Waals surface area contributed by atoms with Crippen molar-refractivity contribution in [1.82, 2.24) is 0 Å². The average Bonchev–Trinajstić information content (AvgIpc) is 2.60. The number of carbonyl (C=O) groups is 1. The van der Waals surface area contributed by atoms with E-state index >= 15 is 0 Å². The van der Waals surface area contributed by atoms with E-state index in [1.807, 2.05) is 0 Å². The van der Waals surface area contributed by atoms with Crippen LogP contribution in [0.2, 0.25) is 0 Å². The minimum absolute atomic E-state index is 0.168. The molecule has 0 amide bonds. The second-order valence-corrected chi connectivity index (χ2v) is 3.91. The van der Waals surface area contributed by atoms with E-state index in [2.05, 4.69) is 18.2 Å². The van der Waals surface area contributed by atoms with Gasteiger partial charge in [0.25, 0.3) is 0 Å². The Labute approximate surface area is 73.2 Å². The predicted molar refractivity (Wildman–Crippen MR) is 48.7 cm³/mol. The maximum absolute atomic E-state index is 10.7. The highest BCUT2D eigenvalue weighted by Gasteiger charge is 2.33. The lowest BCUT2D eigenvalue weighted by Gasteiger charge is -2.12. The zero-order chi connectivity index (χ0) is 8.55. The van der Waals surface area contributed by atoms with E-state index in [1.54, 1.807) is 13.0 Å². The summed E-state index contributed by atoms with van der Waals surface area (Å²) < 4.78 is 0. The molecule has 0 aromatic rings. The molecule has 0 radical (unpaired) electrons. The van der Waals surface area contributed by atoms with Gasteiger partial charge in [0.15, 0.2) is 5.78 Å². The smallest absolute Gasteiger partial charge is 0.152 e. The van der Waals surface area contributed by atoms with Crippen molar-refractivity contribution in [2.75, 3.05) is 0 Å². The molecule has 1 saturated carbocycles. The van der Waals surface area contributed by atoms with Crippen LogP contribution < -0.4 is 0 Å². The van der Waals surface area contributed by atoms with Gasteiger partial charge in [-0.3, -0.25) is 4.79 Å². The standard InChI is InChI=1S/C11H14O/c1-8(12)2-4-10-6-9-3-5-11(10)7-9/h2-5,9-11H,6-7H2,1H3/t9-,10-,11-/m1/s1. The highest BCUT2D eigenvalue weighted by atomic mass is 16.1. The largest absolute Gasteiger partial charge is 0.295 e. The molecule has 2 bridgehead atoms. The summed E-state index contributed by atoms with van der Waals surface area (Å²) in [5.74, 6) is 2.34. The first kappa shape index (κ1) is 7.78. The van der Waals surface area contributed by atoms with Crippen LogP contribution in [0.4, 0.5) is 0 Å². The van der Waals surface area contributed by atoms with E-state index in [1.165, 1.54) is 12.8 Å². The van der Waals surface area contributed by atoms with Gasteiger partial charge in [-0.15, -0.1) is 0 Å². The number of fused-ring (bicyclic) bond motifs is 2. The van der Waals surface area contributed by atoms with Gasteiger partial charge in [-0.1, -0.05) is 18.2 Å². The normalized spacial score (nSPS) is 38.2. The second kappa shape index (κ2) is 2.89. The van der Waals surface area contributed by atoms with Crippen LogP contribution in [0.5, 0.6) is 0 Å². The minimum Gasteiger partial charge on any atom is -0.295 e. The molecular weight excluding hydrogens is 148 g/mol. The summed E-state index contributed by atoms with van der Waals surface area (Å²) in [5.41, 5.74) is 0. The molecule has 1 heteroatoms. The molecule has 0 N–H and O–H groups in total. The molecule has 3 atom stereocenters. The second-order valence-electron chi connectivity index (χ2n) is 3.91. The van der Waals surface area contributed by atoms with Crippen molar-refractivity contribution in [3.63, 3.8) is 0 Å². The molecule has 0 saturated heterocycles. The fourth-order valence-corrected chi connectivity index (χ4v) is 2.30. The van der Waals surface area contributed by atoms with Gasteiger partial charge in [0.05, 0.1) is 0 Å². The third-order valence-corrected chi connectivity index (χ3v) is 2.91. The Morgan fingerprint density at radius 1 is 1.42 bits per heavy atom. The van der Waals surface area contributed by atoms with Crippen LogP contribution in [0.25, 0.3) is 0 Å².